The van der Waals surface area contributed by atoms with Crippen molar-refractivity contribution < 1.29 is 14.0 Å². The number of furan rings is 1. The first-order valence-electron chi connectivity index (χ1n) is 7.09. The third kappa shape index (κ3) is 2.98. The number of halogens is 1. The summed E-state index contributed by atoms with van der Waals surface area (Å²) < 4.78 is 5.86. The maximum Gasteiger partial charge on any atom is 0.289 e. The molecule has 0 unspecified atom stereocenters. The molecule has 0 saturated carbocycles. The van der Waals surface area contributed by atoms with Crippen molar-refractivity contribution in [2.45, 2.75) is 13.0 Å². The minimum atomic E-state index is -0.0562. The molecule has 1 aromatic heterocycles. The molecule has 114 valence electrons. The molecule has 0 spiro atoms. The van der Waals surface area contributed by atoms with Gasteiger partial charge in [-0.05, 0) is 28.1 Å². The van der Waals surface area contributed by atoms with E-state index in [4.69, 9.17) is 4.42 Å². The molecular formula is C14H18BrN3O3. The van der Waals surface area contributed by atoms with Gasteiger partial charge in [0.15, 0.2) is 10.4 Å². The fourth-order valence-electron chi connectivity index (χ4n) is 2.84. The number of carbonyl (C=O) groups excluding carboxylic acids is 2. The summed E-state index contributed by atoms with van der Waals surface area (Å²) in [5.74, 6) is 0.463. The van der Waals surface area contributed by atoms with Crippen LogP contribution in [0.2, 0.25) is 0 Å². The first-order valence-corrected chi connectivity index (χ1v) is 7.88. The van der Waals surface area contributed by atoms with Gasteiger partial charge in [0, 0.05) is 52.2 Å². The molecule has 0 aromatic carbocycles. The van der Waals surface area contributed by atoms with Crippen LogP contribution < -0.4 is 0 Å². The second kappa shape index (κ2) is 5.81. The highest BCUT2D eigenvalue weighted by Gasteiger charge is 2.37. The number of hydrogen-bond donors (Lipinski definition) is 0. The summed E-state index contributed by atoms with van der Waals surface area (Å²) in [7, 11) is 0. The molecule has 0 N–H and O–H groups in total. The van der Waals surface area contributed by atoms with Crippen molar-refractivity contribution >= 4 is 27.7 Å². The lowest BCUT2D eigenvalue weighted by Crippen LogP contribution is -2.64. The Kier molecular flexibility index (Phi) is 4.03. The zero-order chi connectivity index (χ0) is 15.0. The van der Waals surface area contributed by atoms with Crippen molar-refractivity contribution in [3.05, 3.63) is 22.6 Å². The SMILES string of the molecule is CC(=O)N1CCN(C2CN(C(=O)c3ccc(Br)o3)C2)CC1. The van der Waals surface area contributed by atoms with Crippen LogP contribution in [0.25, 0.3) is 0 Å². The van der Waals surface area contributed by atoms with E-state index in [2.05, 4.69) is 20.8 Å². The van der Waals surface area contributed by atoms with E-state index < -0.39 is 0 Å². The van der Waals surface area contributed by atoms with Gasteiger partial charge in [0.05, 0.1) is 0 Å². The van der Waals surface area contributed by atoms with Gasteiger partial charge in [-0.3, -0.25) is 14.5 Å². The van der Waals surface area contributed by atoms with Crippen molar-refractivity contribution in [1.82, 2.24) is 14.7 Å². The van der Waals surface area contributed by atoms with Crippen LogP contribution in [0.5, 0.6) is 0 Å². The molecule has 2 aliphatic heterocycles. The zero-order valence-corrected chi connectivity index (χ0v) is 13.5. The lowest BCUT2D eigenvalue weighted by molar-refractivity contribution is -0.131. The van der Waals surface area contributed by atoms with Crippen molar-refractivity contribution in [2.75, 3.05) is 39.3 Å². The second-order valence-corrected chi connectivity index (χ2v) is 6.29. The van der Waals surface area contributed by atoms with Crippen LogP contribution in [0.3, 0.4) is 0 Å². The largest absolute Gasteiger partial charge is 0.444 e. The van der Waals surface area contributed by atoms with E-state index >= 15 is 0 Å². The van der Waals surface area contributed by atoms with Gasteiger partial charge in [0.25, 0.3) is 5.91 Å². The predicted octanol–water partition coefficient (Wildman–Crippen LogP) is 1.03. The van der Waals surface area contributed by atoms with E-state index in [1.807, 2.05) is 4.90 Å². The summed E-state index contributed by atoms with van der Waals surface area (Å²) in [5, 5.41) is 0. The molecule has 6 nitrogen and oxygen atoms in total. The molecule has 2 amide bonds. The van der Waals surface area contributed by atoms with Crippen LogP contribution in [0.15, 0.2) is 21.2 Å². The molecule has 21 heavy (non-hydrogen) atoms. The first kappa shape index (κ1) is 14.6. The van der Waals surface area contributed by atoms with E-state index in [1.54, 1.807) is 24.0 Å². The third-order valence-electron chi connectivity index (χ3n) is 4.21. The normalized spacial score (nSPS) is 20.5. The van der Waals surface area contributed by atoms with Crippen LogP contribution in [-0.4, -0.2) is 71.8 Å². The van der Waals surface area contributed by atoms with Gasteiger partial charge in [-0.2, -0.15) is 0 Å². The first-order chi connectivity index (χ1) is 10.0. The highest BCUT2D eigenvalue weighted by atomic mass is 79.9. The summed E-state index contributed by atoms with van der Waals surface area (Å²) in [6.45, 7) is 6.42. The molecule has 0 bridgehead atoms. The minimum Gasteiger partial charge on any atom is -0.444 e. The Balaban J connectivity index is 1.48. The number of nitrogens with zero attached hydrogens (tertiary/aromatic N) is 3. The molecule has 2 aliphatic rings. The molecule has 7 heteroatoms. The van der Waals surface area contributed by atoms with Crippen LogP contribution in [0.1, 0.15) is 17.5 Å². The lowest BCUT2D eigenvalue weighted by Gasteiger charge is -2.47. The Morgan fingerprint density at radius 3 is 2.33 bits per heavy atom. The summed E-state index contributed by atoms with van der Waals surface area (Å²) in [5.41, 5.74) is 0. The van der Waals surface area contributed by atoms with Crippen LogP contribution >= 0.6 is 15.9 Å². The van der Waals surface area contributed by atoms with E-state index in [1.165, 1.54) is 0 Å². The average Bonchev–Trinajstić information content (AvgIpc) is 2.84. The maximum absolute atomic E-state index is 12.1. The fourth-order valence-corrected chi connectivity index (χ4v) is 3.15. The van der Waals surface area contributed by atoms with Gasteiger partial charge >= 0.3 is 0 Å². The summed E-state index contributed by atoms with van der Waals surface area (Å²) in [6.07, 6.45) is 0. The van der Waals surface area contributed by atoms with E-state index in [0.29, 0.717) is 16.5 Å². The quantitative estimate of drug-likeness (QED) is 0.794. The molecule has 1 aromatic rings. The Bertz CT molecular complexity index is 545. The van der Waals surface area contributed by atoms with Crippen molar-refractivity contribution in [2.24, 2.45) is 0 Å². The minimum absolute atomic E-state index is 0.0562. The monoisotopic (exact) mass is 355 g/mol. The van der Waals surface area contributed by atoms with E-state index in [0.717, 1.165) is 39.3 Å². The highest BCUT2D eigenvalue weighted by molar-refractivity contribution is 9.10. The zero-order valence-electron chi connectivity index (χ0n) is 11.9. The molecule has 0 radical (unpaired) electrons. The predicted molar refractivity (Wildman–Crippen MR) is 79.9 cm³/mol. The molecule has 2 fully saturated rings. The van der Waals surface area contributed by atoms with Crippen LogP contribution in [0, 0.1) is 0 Å². The Morgan fingerprint density at radius 2 is 1.81 bits per heavy atom. The Morgan fingerprint density at radius 1 is 1.14 bits per heavy atom. The number of amides is 2. The van der Waals surface area contributed by atoms with Crippen molar-refractivity contribution in [1.29, 1.82) is 0 Å². The number of rotatable bonds is 2. The number of carbonyl (C=O) groups is 2. The average molecular weight is 356 g/mol. The number of likely N-dealkylation sites (tertiary alicyclic amines) is 1. The van der Waals surface area contributed by atoms with Crippen molar-refractivity contribution in [3.8, 4) is 0 Å². The highest BCUT2D eigenvalue weighted by Crippen LogP contribution is 2.22. The van der Waals surface area contributed by atoms with Crippen molar-refractivity contribution in [3.63, 3.8) is 0 Å². The third-order valence-corrected chi connectivity index (χ3v) is 4.64. The Labute approximate surface area is 131 Å². The summed E-state index contributed by atoms with van der Waals surface area (Å²) >= 11 is 3.20. The van der Waals surface area contributed by atoms with Gasteiger partial charge in [0.1, 0.15) is 0 Å². The van der Waals surface area contributed by atoms with Crippen LogP contribution in [-0.2, 0) is 4.79 Å². The van der Waals surface area contributed by atoms with Gasteiger partial charge in [-0.15, -0.1) is 0 Å². The van der Waals surface area contributed by atoms with Gasteiger partial charge in [0.2, 0.25) is 5.91 Å². The smallest absolute Gasteiger partial charge is 0.289 e. The number of hydrogen-bond acceptors (Lipinski definition) is 4. The van der Waals surface area contributed by atoms with Gasteiger partial charge < -0.3 is 14.2 Å². The molecule has 0 aliphatic carbocycles. The molecule has 3 heterocycles. The molecule has 3 rings (SSSR count). The molecule has 2 saturated heterocycles. The summed E-state index contributed by atoms with van der Waals surface area (Å²) in [6, 6.07) is 3.82. The standard InChI is InChI=1S/C14H18BrN3O3/c1-10(19)16-4-6-17(7-5-16)11-8-18(9-11)14(20)12-2-3-13(15)21-12/h2-3,11H,4-9H2,1H3. The second-order valence-electron chi connectivity index (χ2n) is 5.51. The topological polar surface area (TPSA) is 57.0 Å². The lowest BCUT2D eigenvalue weighted by atomic mass is 10.1. The molecular weight excluding hydrogens is 338 g/mol. The van der Waals surface area contributed by atoms with Gasteiger partial charge in [-0.25, -0.2) is 0 Å². The summed E-state index contributed by atoms with van der Waals surface area (Å²) in [4.78, 5) is 29.5. The van der Waals surface area contributed by atoms with Crippen LogP contribution in [0.4, 0.5) is 0 Å². The van der Waals surface area contributed by atoms with Gasteiger partial charge in [-0.1, -0.05) is 0 Å². The Hall–Kier alpha value is -1.34. The fraction of sp³-hybridized carbons (Fsp3) is 0.571. The number of piperazine rings is 1. The molecule has 0 atom stereocenters. The maximum atomic E-state index is 12.1. The van der Waals surface area contributed by atoms with E-state index in [-0.39, 0.29) is 11.8 Å². The van der Waals surface area contributed by atoms with E-state index in [9.17, 15) is 9.59 Å².